The third-order valence-corrected chi connectivity index (χ3v) is 6.61. The van der Waals surface area contributed by atoms with Crippen LogP contribution in [0.3, 0.4) is 0 Å². The molecule has 1 amide bonds. The van der Waals surface area contributed by atoms with Gasteiger partial charge >= 0.3 is 0 Å². The lowest BCUT2D eigenvalue weighted by atomic mass is 9.69. The van der Waals surface area contributed by atoms with Crippen molar-refractivity contribution in [1.82, 2.24) is 0 Å². The van der Waals surface area contributed by atoms with Gasteiger partial charge in [-0.2, -0.15) is 0 Å². The van der Waals surface area contributed by atoms with E-state index in [1.807, 2.05) is 4.90 Å². The van der Waals surface area contributed by atoms with Crippen LogP contribution in [0.15, 0.2) is 36.4 Å². The van der Waals surface area contributed by atoms with Crippen molar-refractivity contribution in [2.24, 2.45) is 0 Å². The van der Waals surface area contributed by atoms with Crippen LogP contribution in [0.4, 0.5) is 10.1 Å². The van der Waals surface area contributed by atoms with E-state index >= 15 is 0 Å². The topological polar surface area (TPSA) is 20.3 Å². The third kappa shape index (κ3) is 2.88. The lowest BCUT2D eigenvalue weighted by Gasteiger charge is -2.53. The van der Waals surface area contributed by atoms with Crippen LogP contribution in [0.2, 0.25) is 0 Å². The monoisotopic (exact) mass is 365 g/mol. The van der Waals surface area contributed by atoms with Crippen molar-refractivity contribution in [3.8, 4) is 0 Å². The molecule has 1 saturated carbocycles. The molecular formula is C24H28FNO. The molecule has 1 aliphatic carbocycles. The fourth-order valence-electron chi connectivity index (χ4n) is 5.45. The number of nitrogens with zero attached hydrogens (tertiary/aromatic N) is 1. The number of halogens is 1. The largest absolute Gasteiger partial charge is 0.302 e. The summed E-state index contributed by atoms with van der Waals surface area (Å²) in [6.07, 6.45) is 6.46. The summed E-state index contributed by atoms with van der Waals surface area (Å²) in [6, 6.07) is 10.7. The van der Waals surface area contributed by atoms with E-state index in [-0.39, 0.29) is 17.0 Å². The van der Waals surface area contributed by atoms with Gasteiger partial charge in [0, 0.05) is 5.54 Å². The van der Waals surface area contributed by atoms with Crippen LogP contribution >= 0.6 is 0 Å². The first-order valence-corrected chi connectivity index (χ1v) is 10.1. The Balaban J connectivity index is 1.94. The summed E-state index contributed by atoms with van der Waals surface area (Å²) in [5.74, 6) is -0.210. The van der Waals surface area contributed by atoms with E-state index in [0.29, 0.717) is 5.92 Å². The Morgan fingerprint density at radius 3 is 2.41 bits per heavy atom. The average molecular weight is 365 g/mol. The van der Waals surface area contributed by atoms with Crippen LogP contribution < -0.4 is 4.90 Å². The molecule has 2 nitrogen and oxygen atoms in total. The summed E-state index contributed by atoms with van der Waals surface area (Å²) < 4.78 is 14.5. The average Bonchev–Trinajstić information content (AvgIpc) is 2.65. The van der Waals surface area contributed by atoms with E-state index in [0.717, 1.165) is 43.4 Å². The zero-order valence-corrected chi connectivity index (χ0v) is 16.5. The molecule has 2 aliphatic rings. The quantitative estimate of drug-likeness (QED) is 0.581. The van der Waals surface area contributed by atoms with Crippen molar-refractivity contribution in [2.75, 3.05) is 4.90 Å². The molecule has 1 fully saturated rings. The molecule has 1 unspecified atom stereocenters. The van der Waals surface area contributed by atoms with Crippen LogP contribution in [0.1, 0.15) is 78.4 Å². The number of hydrogen-bond acceptors (Lipinski definition) is 1. The number of hydrogen-bond donors (Lipinski definition) is 0. The zero-order chi connectivity index (χ0) is 19.2. The molecule has 1 spiro atoms. The SMILES string of the molecule is Cc1ccc(C)c2c1C(C)CC1(CCCCC1)N2C(=O)c1ccccc1F. The molecule has 2 aromatic rings. The highest BCUT2D eigenvalue weighted by Gasteiger charge is 2.48. The molecule has 4 rings (SSSR count). The Labute approximate surface area is 161 Å². The number of carbonyl (C=O) groups excluding carboxylic acids is 1. The molecule has 27 heavy (non-hydrogen) atoms. The van der Waals surface area contributed by atoms with Crippen molar-refractivity contribution >= 4 is 11.6 Å². The first kappa shape index (κ1) is 18.2. The summed E-state index contributed by atoms with van der Waals surface area (Å²) in [5.41, 5.74) is 4.61. The van der Waals surface area contributed by atoms with Gasteiger partial charge in [-0.1, -0.05) is 50.5 Å². The summed E-state index contributed by atoms with van der Waals surface area (Å²) in [6.45, 7) is 6.49. The van der Waals surface area contributed by atoms with Gasteiger partial charge < -0.3 is 4.90 Å². The Morgan fingerprint density at radius 2 is 1.70 bits per heavy atom. The summed E-state index contributed by atoms with van der Waals surface area (Å²) >= 11 is 0. The second-order valence-corrected chi connectivity index (χ2v) is 8.47. The third-order valence-electron chi connectivity index (χ3n) is 6.61. The maximum absolute atomic E-state index is 14.5. The Kier molecular flexibility index (Phi) is 4.57. The van der Waals surface area contributed by atoms with Crippen LogP contribution in [-0.4, -0.2) is 11.4 Å². The van der Waals surface area contributed by atoms with E-state index in [1.54, 1.807) is 18.2 Å². The van der Waals surface area contributed by atoms with Crippen molar-refractivity contribution in [3.63, 3.8) is 0 Å². The van der Waals surface area contributed by atoms with E-state index in [9.17, 15) is 9.18 Å². The van der Waals surface area contributed by atoms with Crippen molar-refractivity contribution < 1.29 is 9.18 Å². The number of benzene rings is 2. The predicted octanol–water partition coefficient (Wildman–Crippen LogP) is 6.30. The fraction of sp³-hybridized carbons (Fsp3) is 0.458. The molecule has 0 bridgehead atoms. The van der Waals surface area contributed by atoms with Gasteiger partial charge in [-0.3, -0.25) is 4.79 Å². The Hall–Kier alpha value is -2.16. The lowest BCUT2D eigenvalue weighted by molar-refractivity contribution is 0.0915. The van der Waals surface area contributed by atoms with Gasteiger partial charge in [0.2, 0.25) is 0 Å². The molecule has 0 saturated heterocycles. The molecule has 0 N–H and O–H groups in total. The number of aryl methyl sites for hydroxylation is 2. The van der Waals surface area contributed by atoms with Gasteiger partial charge in [0.1, 0.15) is 5.82 Å². The maximum atomic E-state index is 14.5. The van der Waals surface area contributed by atoms with E-state index in [1.165, 1.54) is 23.6 Å². The Bertz CT molecular complexity index is 882. The number of amides is 1. The molecule has 1 heterocycles. The molecule has 1 aliphatic heterocycles. The first-order chi connectivity index (χ1) is 12.9. The summed E-state index contributed by atoms with van der Waals surface area (Å²) in [4.78, 5) is 15.7. The van der Waals surface area contributed by atoms with Crippen molar-refractivity contribution in [3.05, 3.63) is 64.5 Å². The van der Waals surface area contributed by atoms with Crippen molar-refractivity contribution in [1.29, 1.82) is 0 Å². The molecule has 2 aromatic carbocycles. The molecule has 0 aromatic heterocycles. The van der Waals surface area contributed by atoms with Gasteiger partial charge in [0.25, 0.3) is 5.91 Å². The number of anilines is 1. The number of rotatable bonds is 1. The summed E-state index contributed by atoms with van der Waals surface area (Å²) in [7, 11) is 0. The fourth-order valence-corrected chi connectivity index (χ4v) is 5.45. The molecule has 142 valence electrons. The number of carbonyl (C=O) groups is 1. The standard InChI is InChI=1S/C24H28FNO/c1-16-11-12-17(2)22-21(16)18(3)15-24(13-7-4-8-14-24)26(22)23(27)19-9-5-6-10-20(19)25/h5-6,9-12,18H,4,7-8,13-15H2,1-3H3. The molecule has 1 atom stereocenters. The molecular weight excluding hydrogens is 337 g/mol. The Morgan fingerprint density at radius 1 is 1.04 bits per heavy atom. The summed E-state index contributed by atoms with van der Waals surface area (Å²) in [5, 5.41) is 0. The van der Waals surface area contributed by atoms with Gasteiger partial charge in [0.15, 0.2) is 0 Å². The normalized spacial score (nSPS) is 21.2. The molecule has 0 radical (unpaired) electrons. The molecule has 3 heteroatoms. The minimum Gasteiger partial charge on any atom is -0.302 e. The van der Waals surface area contributed by atoms with Gasteiger partial charge in [-0.25, -0.2) is 4.39 Å². The van der Waals surface area contributed by atoms with E-state index < -0.39 is 5.82 Å². The van der Waals surface area contributed by atoms with E-state index in [4.69, 9.17) is 0 Å². The van der Waals surface area contributed by atoms with E-state index in [2.05, 4.69) is 32.9 Å². The van der Waals surface area contributed by atoms with Gasteiger partial charge in [-0.15, -0.1) is 0 Å². The van der Waals surface area contributed by atoms with Crippen LogP contribution in [0.5, 0.6) is 0 Å². The highest BCUT2D eigenvalue weighted by atomic mass is 19.1. The highest BCUT2D eigenvalue weighted by molar-refractivity contribution is 6.08. The highest BCUT2D eigenvalue weighted by Crippen LogP contribution is 2.52. The zero-order valence-electron chi connectivity index (χ0n) is 16.5. The van der Waals surface area contributed by atoms with Crippen LogP contribution in [0.25, 0.3) is 0 Å². The maximum Gasteiger partial charge on any atom is 0.261 e. The minimum atomic E-state index is -0.432. The second-order valence-electron chi connectivity index (χ2n) is 8.47. The second kappa shape index (κ2) is 6.78. The number of fused-ring (bicyclic) bond motifs is 1. The van der Waals surface area contributed by atoms with Gasteiger partial charge in [-0.05, 0) is 67.9 Å². The van der Waals surface area contributed by atoms with Crippen LogP contribution in [-0.2, 0) is 0 Å². The minimum absolute atomic E-state index is 0.183. The van der Waals surface area contributed by atoms with Gasteiger partial charge in [0.05, 0.1) is 11.3 Å². The smallest absolute Gasteiger partial charge is 0.261 e. The predicted molar refractivity (Wildman–Crippen MR) is 108 cm³/mol. The first-order valence-electron chi connectivity index (χ1n) is 10.1. The lowest BCUT2D eigenvalue weighted by Crippen LogP contribution is -2.57. The van der Waals surface area contributed by atoms with Crippen molar-refractivity contribution in [2.45, 2.75) is 70.8 Å². The van der Waals surface area contributed by atoms with Crippen LogP contribution in [0, 0.1) is 19.7 Å².